The van der Waals surface area contributed by atoms with Gasteiger partial charge < -0.3 is 9.84 Å². The van der Waals surface area contributed by atoms with Crippen molar-refractivity contribution in [2.45, 2.75) is 38.0 Å². The van der Waals surface area contributed by atoms with Gasteiger partial charge in [0.1, 0.15) is 10.6 Å². The molecule has 1 unspecified atom stereocenters. The smallest absolute Gasteiger partial charge is 0.248 e. The van der Waals surface area contributed by atoms with Crippen molar-refractivity contribution in [2.24, 2.45) is 5.92 Å². The molecule has 1 atom stereocenters. The number of thiazole rings is 1. The highest BCUT2D eigenvalue weighted by atomic mass is 35.5. The Balaban J connectivity index is 1.42. The Bertz CT molecular complexity index is 1220. The van der Waals surface area contributed by atoms with Crippen LogP contribution in [0, 0.1) is 19.8 Å². The standard InChI is InChI=1S/C21H23ClN4O4S2/c1-13-19(14(2)30-25-13)32(28,29)26-9-5-7-16(12-26)20(27)24-21-23-11-17(31-21)10-15-6-3-4-8-18(15)22/h3-4,6,8,11,16H,5,7,9-10,12H2,1-2H3,(H,23,24,27). The molecule has 1 aliphatic rings. The number of aromatic nitrogens is 2. The molecule has 0 aliphatic carbocycles. The number of piperidine rings is 1. The second kappa shape index (κ2) is 9.30. The van der Waals surface area contributed by atoms with Crippen molar-refractivity contribution in [3.8, 4) is 0 Å². The second-order valence-electron chi connectivity index (χ2n) is 7.74. The third kappa shape index (κ3) is 4.73. The molecule has 8 nitrogen and oxygen atoms in total. The van der Waals surface area contributed by atoms with Crippen LogP contribution in [0.5, 0.6) is 0 Å². The maximum atomic E-state index is 13.1. The van der Waals surface area contributed by atoms with Gasteiger partial charge in [-0.1, -0.05) is 35.0 Å². The van der Waals surface area contributed by atoms with Crippen molar-refractivity contribution < 1.29 is 17.7 Å². The van der Waals surface area contributed by atoms with Gasteiger partial charge in [0.2, 0.25) is 15.9 Å². The Morgan fingerprint density at radius 3 is 2.84 bits per heavy atom. The van der Waals surface area contributed by atoms with Gasteiger partial charge in [-0.3, -0.25) is 4.79 Å². The Kier molecular flexibility index (Phi) is 6.66. The maximum Gasteiger partial charge on any atom is 0.248 e. The van der Waals surface area contributed by atoms with E-state index in [1.54, 1.807) is 20.0 Å². The summed E-state index contributed by atoms with van der Waals surface area (Å²) in [7, 11) is -3.78. The van der Waals surface area contributed by atoms with Crippen molar-refractivity contribution in [1.82, 2.24) is 14.4 Å². The summed E-state index contributed by atoms with van der Waals surface area (Å²) in [6.45, 7) is 3.63. The van der Waals surface area contributed by atoms with E-state index < -0.39 is 15.9 Å². The van der Waals surface area contributed by atoms with E-state index in [4.69, 9.17) is 16.1 Å². The van der Waals surface area contributed by atoms with E-state index in [1.807, 2.05) is 24.3 Å². The normalized spacial score (nSPS) is 17.4. The van der Waals surface area contributed by atoms with Crippen molar-refractivity contribution in [1.29, 1.82) is 0 Å². The number of benzene rings is 1. The molecule has 0 radical (unpaired) electrons. The lowest BCUT2D eigenvalue weighted by molar-refractivity contribution is -0.120. The first kappa shape index (κ1) is 22.9. The predicted octanol–water partition coefficient (Wildman–Crippen LogP) is 4.03. The number of amides is 1. The lowest BCUT2D eigenvalue weighted by Crippen LogP contribution is -2.43. The highest BCUT2D eigenvalue weighted by molar-refractivity contribution is 7.89. The summed E-state index contributed by atoms with van der Waals surface area (Å²) < 4.78 is 32.6. The van der Waals surface area contributed by atoms with E-state index in [2.05, 4.69) is 15.5 Å². The second-order valence-corrected chi connectivity index (χ2v) is 11.1. The van der Waals surface area contributed by atoms with Gasteiger partial charge in [-0.2, -0.15) is 4.31 Å². The molecule has 4 rings (SSSR count). The fourth-order valence-electron chi connectivity index (χ4n) is 3.83. The zero-order valence-electron chi connectivity index (χ0n) is 17.7. The van der Waals surface area contributed by atoms with Gasteiger partial charge in [-0.25, -0.2) is 13.4 Å². The third-order valence-electron chi connectivity index (χ3n) is 5.43. The topological polar surface area (TPSA) is 105 Å². The summed E-state index contributed by atoms with van der Waals surface area (Å²) in [6, 6.07) is 7.60. The molecule has 32 heavy (non-hydrogen) atoms. The van der Waals surface area contributed by atoms with Crippen molar-refractivity contribution in [3.05, 3.63) is 57.4 Å². The number of anilines is 1. The summed E-state index contributed by atoms with van der Waals surface area (Å²) in [5, 5.41) is 7.77. The number of carbonyl (C=O) groups excluding carboxylic acids is 1. The fourth-order valence-corrected chi connectivity index (χ4v) is 6.69. The van der Waals surface area contributed by atoms with Crippen LogP contribution < -0.4 is 5.32 Å². The van der Waals surface area contributed by atoms with Crippen LogP contribution in [-0.4, -0.2) is 41.9 Å². The third-order valence-corrected chi connectivity index (χ3v) is 8.82. The average molecular weight is 495 g/mol. The van der Waals surface area contributed by atoms with E-state index in [0.717, 1.165) is 10.4 Å². The summed E-state index contributed by atoms with van der Waals surface area (Å²) in [5.41, 5.74) is 1.31. The van der Waals surface area contributed by atoms with Gasteiger partial charge >= 0.3 is 0 Å². The van der Waals surface area contributed by atoms with Crippen LogP contribution in [0.15, 0.2) is 39.9 Å². The number of sulfonamides is 1. The minimum atomic E-state index is -3.78. The van der Waals surface area contributed by atoms with Crippen molar-refractivity contribution in [2.75, 3.05) is 18.4 Å². The van der Waals surface area contributed by atoms with Gasteiger partial charge in [-0.05, 0) is 38.3 Å². The SMILES string of the molecule is Cc1noc(C)c1S(=O)(=O)N1CCCC(C(=O)Nc2ncc(Cc3ccccc3Cl)s2)C1. The minimum absolute atomic E-state index is 0.0858. The van der Waals surface area contributed by atoms with Crippen LogP contribution >= 0.6 is 22.9 Å². The van der Waals surface area contributed by atoms with Gasteiger partial charge in [0.15, 0.2) is 10.9 Å². The van der Waals surface area contributed by atoms with Gasteiger partial charge in [-0.15, -0.1) is 11.3 Å². The van der Waals surface area contributed by atoms with Gasteiger partial charge in [0, 0.05) is 35.6 Å². The van der Waals surface area contributed by atoms with E-state index in [-0.39, 0.29) is 23.1 Å². The monoisotopic (exact) mass is 494 g/mol. The molecule has 1 saturated heterocycles. The van der Waals surface area contributed by atoms with Crippen LogP contribution in [0.25, 0.3) is 0 Å². The lowest BCUT2D eigenvalue weighted by Gasteiger charge is -2.30. The molecule has 1 N–H and O–H groups in total. The van der Waals surface area contributed by atoms with E-state index in [9.17, 15) is 13.2 Å². The molecule has 170 valence electrons. The number of nitrogens with one attached hydrogen (secondary N) is 1. The molecule has 3 heterocycles. The summed E-state index contributed by atoms with van der Waals surface area (Å²) in [4.78, 5) is 18.2. The van der Waals surface area contributed by atoms with Crippen LogP contribution in [0.3, 0.4) is 0 Å². The number of hydrogen-bond donors (Lipinski definition) is 1. The molecule has 11 heteroatoms. The zero-order chi connectivity index (χ0) is 22.9. The largest absolute Gasteiger partial charge is 0.360 e. The molecule has 1 amide bonds. The molecule has 0 bridgehead atoms. The van der Waals surface area contributed by atoms with E-state index >= 15 is 0 Å². The first-order valence-electron chi connectivity index (χ1n) is 10.2. The van der Waals surface area contributed by atoms with Crippen LogP contribution in [0.4, 0.5) is 5.13 Å². The first-order valence-corrected chi connectivity index (χ1v) is 12.8. The molecule has 1 aliphatic heterocycles. The minimum Gasteiger partial charge on any atom is -0.360 e. The molecule has 3 aromatic rings. The Morgan fingerprint density at radius 2 is 2.12 bits per heavy atom. The van der Waals surface area contributed by atoms with Crippen LogP contribution in [0.2, 0.25) is 5.02 Å². The molecule has 0 saturated carbocycles. The highest BCUT2D eigenvalue weighted by Gasteiger charge is 2.36. The maximum absolute atomic E-state index is 13.1. The number of aryl methyl sites for hydroxylation is 2. The number of nitrogens with zero attached hydrogens (tertiary/aromatic N) is 3. The van der Waals surface area contributed by atoms with Gasteiger partial charge in [0.05, 0.1) is 5.92 Å². The number of rotatable bonds is 6. The average Bonchev–Trinajstić information content (AvgIpc) is 3.35. The zero-order valence-corrected chi connectivity index (χ0v) is 20.1. The summed E-state index contributed by atoms with van der Waals surface area (Å²) >= 11 is 7.61. The fraction of sp³-hybridized carbons (Fsp3) is 0.381. The van der Waals surface area contributed by atoms with Crippen molar-refractivity contribution >= 4 is 44.0 Å². The summed E-state index contributed by atoms with van der Waals surface area (Å²) in [5.74, 6) is -0.444. The number of hydrogen-bond acceptors (Lipinski definition) is 7. The Hall–Kier alpha value is -2.27. The Labute approximate surface area is 195 Å². The molecule has 1 aromatic carbocycles. The van der Waals surface area contributed by atoms with Crippen LogP contribution in [0.1, 0.15) is 34.7 Å². The van der Waals surface area contributed by atoms with E-state index in [1.165, 1.54) is 15.6 Å². The molecule has 1 fully saturated rings. The number of carbonyl (C=O) groups is 1. The lowest BCUT2D eigenvalue weighted by atomic mass is 9.99. The van der Waals surface area contributed by atoms with Gasteiger partial charge in [0.25, 0.3) is 0 Å². The highest BCUT2D eigenvalue weighted by Crippen LogP contribution is 2.29. The molecule has 0 spiro atoms. The number of halogens is 1. The quantitative estimate of drug-likeness (QED) is 0.554. The predicted molar refractivity (Wildman–Crippen MR) is 122 cm³/mol. The van der Waals surface area contributed by atoms with E-state index in [0.29, 0.717) is 41.7 Å². The van der Waals surface area contributed by atoms with Crippen molar-refractivity contribution in [3.63, 3.8) is 0 Å². The summed E-state index contributed by atoms with van der Waals surface area (Å²) in [6.07, 6.45) is 3.55. The Morgan fingerprint density at radius 1 is 1.34 bits per heavy atom. The molecular formula is C21H23ClN4O4S2. The first-order chi connectivity index (χ1) is 15.3. The molecular weight excluding hydrogens is 472 g/mol. The van der Waals surface area contributed by atoms with Crippen LogP contribution in [-0.2, 0) is 21.2 Å². The molecule has 2 aromatic heterocycles.